The van der Waals surface area contributed by atoms with Gasteiger partial charge in [-0.2, -0.15) is 5.10 Å². The van der Waals surface area contributed by atoms with E-state index in [1.165, 1.54) is 5.56 Å². The number of aromatic nitrogens is 4. The van der Waals surface area contributed by atoms with E-state index in [9.17, 15) is 5.11 Å². The van der Waals surface area contributed by atoms with Gasteiger partial charge in [-0.1, -0.05) is 23.7 Å². The molecule has 8 nitrogen and oxygen atoms in total. The number of hydrogen-bond acceptors (Lipinski definition) is 7. The largest absolute Gasteiger partial charge is 0.396 e. The van der Waals surface area contributed by atoms with E-state index >= 15 is 0 Å². The lowest BCUT2D eigenvalue weighted by Gasteiger charge is -2.40. The van der Waals surface area contributed by atoms with E-state index in [1.54, 1.807) is 12.4 Å². The van der Waals surface area contributed by atoms with Gasteiger partial charge < -0.3 is 20.6 Å². The van der Waals surface area contributed by atoms with Crippen LogP contribution in [-0.4, -0.2) is 63.5 Å². The first-order valence-electron chi connectivity index (χ1n) is 9.84. The van der Waals surface area contributed by atoms with Gasteiger partial charge >= 0.3 is 0 Å². The molecule has 158 valence electrons. The van der Waals surface area contributed by atoms with Crippen molar-refractivity contribution in [2.45, 2.75) is 13.1 Å². The first-order valence-corrected chi connectivity index (χ1v) is 10.2. The Labute approximate surface area is 180 Å². The number of nitrogens with zero attached hydrogens (tertiary/aromatic N) is 5. The molecule has 0 spiro atoms. The predicted molar refractivity (Wildman–Crippen MR) is 118 cm³/mol. The van der Waals surface area contributed by atoms with E-state index in [-0.39, 0.29) is 12.0 Å². The SMILES string of the molecule is CN(C)Cc1cccc(Nc2ncc(Cl)c(-c3cnn(CC4(CO)CNC4)c3)n2)c1. The molecule has 3 aromatic rings. The van der Waals surface area contributed by atoms with Crippen LogP contribution < -0.4 is 10.6 Å². The van der Waals surface area contributed by atoms with Crippen LogP contribution in [0.3, 0.4) is 0 Å². The first-order chi connectivity index (χ1) is 14.5. The molecule has 9 heteroatoms. The number of aliphatic hydroxyl groups excluding tert-OH is 1. The molecule has 30 heavy (non-hydrogen) atoms. The standard InChI is InChI=1S/C21H26ClN7O/c1-28(2)9-15-4-3-5-17(6-15)26-20-24-8-18(22)19(27-20)16-7-25-29(10-16)13-21(14-30)11-23-12-21/h3-8,10,23,30H,9,11-14H2,1-2H3,(H,24,26,27). The van der Waals surface area contributed by atoms with Gasteiger partial charge in [-0.3, -0.25) is 4.68 Å². The third-order valence-corrected chi connectivity index (χ3v) is 5.44. The molecule has 1 aliphatic rings. The van der Waals surface area contributed by atoms with E-state index in [2.05, 4.69) is 42.7 Å². The second-order valence-electron chi connectivity index (χ2n) is 8.14. The zero-order chi connectivity index (χ0) is 21.1. The van der Waals surface area contributed by atoms with Crippen LogP contribution >= 0.6 is 11.6 Å². The molecular formula is C21H26ClN7O. The maximum atomic E-state index is 9.68. The monoisotopic (exact) mass is 427 g/mol. The normalized spacial score (nSPS) is 15.2. The van der Waals surface area contributed by atoms with E-state index in [0.29, 0.717) is 23.2 Å². The maximum absolute atomic E-state index is 9.68. The molecule has 1 aliphatic heterocycles. The van der Waals surface area contributed by atoms with Gasteiger partial charge in [-0.15, -0.1) is 0 Å². The summed E-state index contributed by atoms with van der Waals surface area (Å²) in [6, 6.07) is 8.16. The van der Waals surface area contributed by atoms with Gasteiger partial charge in [0.1, 0.15) is 0 Å². The predicted octanol–water partition coefficient (Wildman–Crippen LogP) is 2.38. The number of aliphatic hydroxyl groups is 1. The summed E-state index contributed by atoms with van der Waals surface area (Å²) in [5.41, 5.74) is 3.40. The Hall–Kier alpha value is -2.52. The second kappa shape index (κ2) is 8.69. The second-order valence-corrected chi connectivity index (χ2v) is 8.55. The molecule has 1 fully saturated rings. The van der Waals surface area contributed by atoms with Crippen molar-refractivity contribution >= 4 is 23.2 Å². The lowest BCUT2D eigenvalue weighted by Crippen LogP contribution is -2.57. The minimum absolute atomic E-state index is 0.129. The van der Waals surface area contributed by atoms with Crippen LogP contribution in [0.2, 0.25) is 5.02 Å². The smallest absolute Gasteiger partial charge is 0.227 e. The lowest BCUT2D eigenvalue weighted by molar-refractivity contribution is 0.0477. The molecule has 0 saturated carbocycles. The van der Waals surface area contributed by atoms with Gasteiger partial charge in [-0.25, -0.2) is 9.97 Å². The molecule has 0 unspecified atom stereocenters. The average molecular weight is 428 g/mol. The fraction of sp³-hybridized carbons (Fsp3) is 0.381. The Morgan fingerprint density at radius 1 is 1.30 bits per heavy atom. The first kappa shape index (κ1) is 20.7. The molecule has 3 N–H and O–H groups in total. The Balaban J connectivity index is 1.53. The molecule has 0 bridgehead atoms. The third kappa shape index (κ3) is 4.62. The summed E-state index contributed by atoms with van der Waals surface area (Å²) < 4.78 is 1.84. The summed E-state index contributed by atoms with van der Waals surface area (Å²) in [5, 5.41) is 21.0. The zero-order valence-electron chi connectivity index (χ0n) is 17.1. The maximum Gasteiger partial charge on any atom is 0.227 e. The number of rotatable bonds is 8. The van der Waals surface area contributed by atoms with Crippen molar-refractivity contribution in [3.63, 3.8) is 0 Å². The molecule has 3 heterocycles. The molecule has 2 aromatic heterocycles. The topological polar surface area (TPSA) is 91.1 Å². The minimum Gasteiger partial charge on any atom is -0.396 e. The van der Waals surface area contributed by atoms with Crippen molar-refractivity contribution in [2.75, 3.05) is 39.1 Å². The van der Waals surface area contributed by atoms with Gasteiger partial charge in [-0.05, 0) is 31.8 Å². The highest BCUT2D eigenvalue weighted by Gasteiger charge is 2.37. The molecule has 0 atom stereocenters. The van der Waals surface area contributed by atoms with Crippen molar-refractivity contribution in [2.24, 2.45) is 5.41 Å². The number of hydrogen-bond donors (Lipinski definition) is 3. The number of benzene rings is 1. The van der Waals surface area contributed by atoms with Gasteiger partial charge in [0.2, 0.25) is 5.95 Å². The van der Waals surface area contributed by atoms with Crippen LogP contribution in [0.1, 0.15) is 5.56 Å². The highest BCUT2D eigenvalue weighted by atomic mass is 35.5. The Kier molecular flexibility index (Phi) is 6.01. The van der Waals surface area contributed by atoms with Crippen LogP contribution in [0.15, 0.2) is 42.9 Å². The van der Waals surface area contributed by atoms with E-state index < -0.39 is 0 Å². The van der Waals surface area contributed by atoms with Crippen LogP contribution in [0.5, 0.6) is 0 Å². The van der Waals surface area contributed by atoms with Crippen LogP contribution in [0, 0.1) is 5.41 Å². The molecule has 0 aliphatic carbocycles. The van der Waals surface area contributed by atoms with Crippen molar-refractivity contribution in [3.8, 4) is 11.3 Å². The summed E-state index contributed by atoms with van der Waals surface area (Å²) in [5.74, 6) is 0.471. The fourth-order valence-electron chi connectivity index (χ4n) is 3.54. The summed E-state index contributed by atoms with van der Waals surface area (Å²) in [4.78, 5) is 11.1. The van der Waals surface area contributed by atoms with Gasteiger partial charge in [0.05, 0.1) is 36.3 Å². The van der Waals surface area contributed by atoms with Crippen molar-refractivity contribution in [3.05, 3.63) is 53.4 Å². The molecule has 0 amide bonds. The molecule has 0 radical (unpaired) electrons. The molecule has 1 aromatic carbocycles. The summed E-state index contributed by atoms with van der Waals surface area (Å²) in [6.45, 7) is 3.20. The Morgan fingerprint density at radius 3 is 2.83 bits per heavy atom. The fourth-order valence-corrected chi connectivity index (χ4v) is 3.74. The molecular weight excluding hydrogens is 402 g/mol. The lowest BCUT2D eigenvalue weighted by atomic mass is 9.83. The Bertz CT molecular complexity index is 1010. The number of halogens is 1. The van der Waals surface area contributed by atoms with Gasteiger partial charge in [0.25, 0.3) is 0 Å². The van der Waals surface area contributed by atoms with Crippen molar-refractivity contribution in [1.82, 2.24) is 30.0 Å². The highest BCUT2D eigenvalue weighted by molar-refractivity contribution is 6.32. The average Bonchev–Trinajstić information content (AvgIpc) is 3.14. The zero-order valence-corrected chi connectivity index (χ0v) is 17.9. The van der Waals surface area contributed by atoms with Crippen LogP contribution in [0.4, 0.5) is 11.6 Å². The molecule has 1 saturated heterocycles. The van der Waals surface area contributed by atoms with Crippen molar-refractivity contribution < 1.29 is 5.11 Å². The highest BCUT2D eigenvalue weighted by Crippen LogP contribution is 2.29. The Morgan fingerprint density at radius 2 is 2.13 bits per heavy atom. The third-order valence-electron chi connectivity index (χ3n) is 5.17. The molecule has 4 rings (SSSR count). The summed E-state index contributed by atoms with van der Waals surface area (Å²) in [6.07, 6.45) is 5.25. The van der Waals surface area contributed by atoms with Crippen LogP contribution in [-0.2, 0) is 13.1 Å². The van der Waals surface area contributed by atoms with Gasteiger partial charge in [0.15, 0.2) is 0 Å². The minimum atomic E-state index is -0.150. The van der Waals surface area contributed by atoms with Crippen molar-refractivity contribution in [1.29, 1.82) is 0 Å². The number of anilines is 2. The summed E-state index contributed by atoms with van der Waals surface area (Å²) >= 11 is 6.38. The van der Waals surface area contributed by atoms with Crippen LogP contribution in [0.25, 0.3) is 11.3 Å². The van der Waals surface area contributed by atoms with Gasteiger partial charge in [0, 0.05) is 42.5 Å². The summed E-state index contributed by atoms with van der Waals surface area (Å²) in [7, 11) is 4.08. The number of nitrogens with one attached hydrogen (secondary N) is 2. The quantitative estimate of drug-likeness (QED) is 0.508. The van der Waals surface area contributed by atoms with E-state index in [0.717, 1.165) is 30.9 Å². The van der Waals surface area contributed by atoms with E-state index in [4.69, 9.17) is 11.6 Å². The van der Waals surface area contributed by atoms with E-state index in [1.807, 2.05) is 37.1 Å².